The second kappa shape index (κ2) is 9.18. The van der Waals surface area contributed by atoms with Crippen LogP contribution in [0.1, 0.15) is 64.7 Å². The van der Waals surface area contributed by atoms with Crippen LogP contribution in [0.3, 0.4) is 0 Å². The van der Waals surface area contributed by atoms with Gasteiger partial charge in [0.05, 0.1) is 0 Å². The van der Waals surface area contributed by atoms with E-state index in [0.29, 0.717) is 18.1 Å². The van der Waals surface area contributed by atoms with Crippen LogP contribution in [0.5, 0.6) is 0 Å². The van der Waals surface area contributed by atoms with Crippen molar-refractivity contribution in [1.29, 1.82) is 0 Å². The number of piperidine rings is 1. The van der Waals surface area contributed by atoms with E-state index in [0.717, 1.165) is 48.8 Å². The largest absolute Gasteiger partial charge is 0.410 e. The number of benzene rings is 1. The molecule has 0 aliphatic carbocycles. The van der Waals surface area contributed by atoms with Crippen molar-refractivity contribution >= 4 is 5.69 Å². The zero-order chi connectivity index (χ0) is 21.0. The van der Waals surface area contributed by atoms with Crippen LogP contribution in [0, 0.1) is 5.92 Å². The van der Waals surface area contributed by atoms with Gasteiger partial charge in [-0.3, -0.25) is 0 Å². The highest BCUT2D eigenvalue weighted by Crippen LogP contribution is 2.32. The van der Waals surface area contributed by atoms with Gasteiger partial charge in [0.1, 0.15) is 11.9 Å². The maximum absolute atomic E-state index is 13.4. The van der Waals surface area contributed by atoms with Crippen LogP contribution in [0.2, 0.25) is 0 Å². The third-order valence-electron chi connectivity index (χ3n) is 5.70. The van der Waals surface area contributed by atoms with Crippen LogP contribution in [-0.2, 0) is 6.42 Å². The standard InChI is InChI=1S/C22H31F3N4/c1-4-8-16(2)15-20-26-21(27-29(20)17(3)22(23,24)25)18-9-11-19(12-10-18)28-13-6-5-7-14-28/h9-12,16-17H,4-8,13-15H2,1-3H3. The van der Waals surface area contributed by atoms with E-state index in [4.69, 9.17) is 0 Å². The van der Waals surface area contributed by atoms with Gasteiger partial charge in [0, 0.05) is 30.8 Å². The summed E-state index contributed by atoms with van der Waals surface area (Å²) in [5, 5.41) is 4.27. The predicted molar refractivity (Wildman–Crippen MR) is 110 cm³/mol. The van der Waals surface area contributed by atoms with E-state index in [9.17, 15) is 13.2 Å². The highest BCUT2D eigenvalue weighted by atomic mass is 19.4. The maximum Gasteiger partial charge on any atom is 0.410 e. The lowest BCUT2D eigenvalue weighted by molar-refractivity contribution is -0.166. The summed E-state index contributed by atoms with van der Waals surface area (Å²) in [6, 6.07) is 6.18. The van der Waals surface area contributed by atoms with E-state index >= 15 is 0 Å². The molecule has 4 nitrogen and oxygen atoms in total. The Morgan fingerprint density at radius 2 is 1.69 bits per heavy atom. The summed E-state index contributed by atoms with van der Waals surface area (Å²) < 4.78 is 41.2. The molecule has 1 aliphatic heterocycles. The number of halogens is 3. The van der Waals surface area contributed by atoms with Gasteiger partial charge in [-0.15, -0.1) is 0 Å². The second-order valence-electron chi connectivity index (χ2n) is 8.21. The Bertz CT molecular complexity index is 776. The number of nitrogens with zero attached hydrogens (tertiary/aromatic N) is 4. The number of hydrogen-bond acceptors (Lipinski definition) is 3. The SMILES string of the molecule is CCCC(C)Cc1nc(-c2ccc(N3CCCCC3)cc2)nn1C(C)C(F)(F)F. The summed E-state index contributed by atoms with van der Waals surface area (Å²) in [7, 11) is 0. The molecule has 0 spiro atoms. The summed E-state index contributed by atoms with van der Waals surface area (Å²) >= 11 is 0. The first kappa shape index (κ1) is 21.7. The van der Waals surface area contributed by atoms with Crippen molar-refractivity contribution in [2.45, 2.75) is 71.5 Å². The minimum atomic E-state index is -4.36. The molecule has 2 unspecified atom stereocenters. The number of anilines is 1. The molecule has 0 amide bonds. The summed E-state index contributed by atoms with van der Waals surface area (Å²) in [6.45, 7) is 7.37. The first-order chi connectivity index (χ1) is 13.8. The molecule has 2 atom stereocenters. The molecular formula is C22H31F3N4. The van der Waals surface area contributed by atoms with Crippen molar-refractivity contribution in [1.82, 2.24) is 14.8 Å². The second-order valence-corrected chi connectivity index (χ2v) is 8.21. The molecule has 160 valence electrons. The summed E-state index contributed by atoms with van der Waals surface area (Å²) in [5.41, 5.74) is 1.90. The molecule has 29 heavy (non-hydrogen) atoms. The van der Waals surface area contributed by atoms with Gasteiger partial charge in [-0.25, -0.2) is 9.67 Å². The molecule has 0 radical (unpaired) electrons. The molecule has 1 saturated heterocycles. The lowest BCUT2D eigenvalue weighted by Crippen LogP contribution is -2.29. The van der Waals surface area contributed by atoms with Crippen molar-refractivity contribution < 1.29 is 13.2 Å². The van der Waals surface area contributed by atoms with Crippen LogP contribution < -0.4 is 4.90 Å². The molecule has 0 N–H and O–H groups in total. The van der Waals surface area contributed by atoms with E-state index < -0.39 is 12.2 Å². The summed E-state index contributed by atoms with van der Waals surface area (Å²) in [4.78, 5) is 6.87. The van der Waals surface area contributed by atoms with E-state index in [1.54, 1.807) is 0 Å². The van der Waals surface area contributed by atoms with Gasteiger partial charge in [0.25, 0.3) is 0 Å². The average molecular weight is 409 g/mol. The van der Waals surface area contributed by atoms with Gasteiger partial charge in [-0.2, -0.15) is 18.3 Å². The summed E-state index contributed by atoms with van der Waals surface area (Å²) in [6.07, 6.45) is 1.75. The topological polar surface area (TPSA) is 34.0 Å². The zero-order valence-electron chi connectivity index (χ0n) is 17.5. The Hall–Kier alpha value is -2.05. The number of aromatic nitrogens is 3. The Labute approximate surface area is 171 Å². The van der Waals surface area contributed by atoms with Crippen molar-refractivity contribution in [2.75, 3.05) is 18.0 Å². The summed E-state index contributed by atoms with van der Waals surface area (Å²) in [5.74, 6) is 1.04. The minimum absolute atomic E-state index is 0.262. The van der Waals surface area contributed by atoms with Gasteiger partial charge < -0.3 is 4.90 Å². The Morgan fingerprint density at radius 3 is 2.28 bits per heavy atom. The van der Waals surface area contributed by atoms with E-state index in [1.807, 2.05) is 31.2 Å². The molecule has 1 aromatic carbocycles. The van der Waals surface area contributed by atoms with Crippen LogP contribution in [0.4, 0.5) is 18.9 Å². The molecule has 1 aromatic heterocycles. The average Bonchev–Trinajstić information content (AvgIpc) is 3.11. The highest BCUT2D eigenvalue weighted by Gasteiger charge is 2.39. The van der Waals surface area contributed by atoms with Crippen LogP contribution in [0.25, 0.3) is 11.4 Å². The lowest BCUT2D eigenvalue weighted by Gasteiger charge is -2.28. The molecule has 2 heterocycles. The monoisotopic (exact) mass is 408 g/mol. The fourth-order valence-corrected chi connectivity index (χ4v) is 3.95. The smallest absolute Gasteiger partial charge is 0.372 e. The maximum atomic E-state index is 13.4. The molecule has 2 aromatic rings. The van der Waals surface area contributed by atoms with Crippen LogP contribution in [-0.4, -0.2) is 34.0 Å². The van der Waals surface area contributed by atoms with Crippen LogP contribution in [0.15, 0.2) is 24.3 Å². The van der Waals surface area contributed by atoms with Gasteiger partial charge >= 0.3 is 6.18 Å². The van der Waals surface area contributed by atoms with Gasteiger partial charge in [0.2, 0.25) is 0 Å². The van der Waals surface area contributed by atoms with Gasteiger partial charge in [-0.05, 0) is 56.4 Å². The molecule has 7 heteroatoms. The highest BCUT2D eigenvalue weighted by molar-refractivity contribution is 5.60. The fraction of sp³-hybridized carbons (Fsp3) is 0.636. The lowest BCUT2D eigenvalue weighted by atomic mass is 10.0. The van der Waals surface area contributed by atoms with Crippen molar-refractivity contribution in [3.8, 4) is 11.4 Å². The Balaban J connectivity index is 1.87. The number of alkyl halides is 3. The minimum Gasteiger partial charge on any atom is -0.372 e. The van der Waals surface area contributed by atoms with Crippen LogP contribution >= 0.6 is 0 Å². The quantitative estimate of drug-likeness (QED) is 0.560. The number of rotatable bonds is 7. The molecule has 0 bridgehead atoms. The number of hydrogen-bond donors (Lipinski definition) is 0. The third-order valence-corrected chi connectivity index (χ3v) is 5.70. The fourth-order valence-electron chi connectivity index (χ4n) is 3.95. The van der Waals surface area contributed by atoms with Gasteiger partial charge in [-0.1, -0.05) is 26.7 Å². The molecular weight excluding hydrogens is 377 g/mol. The first-order valence-corrected chi connectivity index (χ1v) is 10.7. The zero-order valence-corrected chi connectivity index (χ0v) is 17.5. The van der Waals surface area contributed by atoms with E-state index in [-0.39, 0.29) is 5.92 Å². The molecule has 1 fully saturated rings. The first-order valence-electron chi connectivity index (χ1n) is 10.7. The van der Waals surface area contributed by atoms with E-state index in [2.05, 4.69) is 21.9 Å². The Morgan fingerprint density at radius 1 is 1.03 bits per heavy atom. The van der Waals surface area contributed by atoms with Gasteiger partial charge in [0.15, 0.2) is 5.82 Å². The van der Waals surface area contributed by atoms with Crippen molar-refractivity contribution in [3.05, 3.63) is 30.1 Å². The Kier molecular flexibility index (Phi) is 6.85. The molecule has 1 aliphatic rings. The third kappa shape index (κ3) is 5.31. The predicted octanol–water partition coefficient (Wildman–Crippen LogP) is 6.04. The van der Waals surface area contributed by atoms with Crippen molar-refractivity contribution in [2.24, 2.45) is 5.92 Å². The normalized spacial score (nSPS) is 17.4. The van der Waals surface area contributed by atoms with Crippen molar-refractivity contribution in [3.63, 3.8) is 0 Å². The molecule has 0 saturated carbocycles. The van der Waals surface area contributed by atoms with E-state index in [1.165, 1.54) is 19.3 Å². The molecule has 3 rings (SSSR count).